The number of aryl methyl sites for hydroxylation is 2. The molecule has 0 saturated carbocycles. The second-order valence-electron chi connectivity index (χ2n) is 7.34. The lowest BCUT2D eigenvalue weighted by Gasteiger charge is -2.14. The van der Waals surface area contributed by atoms with E-state index in [0.717, 1.165) is 37.1 Å². The largest absolute Gasteiger partial charge is 0.354 e. The molecular formula is C20H32N4O3S. The number of sulfonamides is 1. The number of carbonyl (C=O) groups is 1. The Bertz CT molecular complexity index is 906. The fraction of sp³-hybridized carbons (Fsp3) is 0.600. The third-order valence-electron chi connectivity index (χ3n) is 4.80. The van der Waals surface area contributed by atoms with Crippen molar-refractivity contribution in [3.63, 3.8) is 0 Å². The van der Waals surface area contributed by atoms with Crippen molar-refractivity contribution in [3.8, 4) is 0 Å². The van der Waals surface area contributed by atoms with E-state index in [-0.39, 0.29) is 16.8 Å². The van der Waals surface area contributed by atoms with Gasteiger partial charge in [-0.05, 0) is 38.0 Å². The van der Waals surface area contributed by atoms with Gasteiger partial charge in [-0.3, -0.25) is 4.79 Å². The summed E-state index contributed by atoms with van der Waals surface area (Å²) in [6.45, 7) is 7.03. The van der Waals surface area contributed by atoms with Crippen molar-refractivity contribution in [1.82, 2.24) is 14.9 Å². The first-order valence-corrected chi connectivity index (χ1v) is 11.6. The number of carbonyl (C=O) groups excluding carboxylic acids is 1. The number of benzene rings is 1. The minimum atomic E-state index is -3.77. The first kappa shape index (κ1) is 22.4. The van der Waals surface area contributed by atoms with Crippen molar-refractivity contribution in [1.29, 1.82) is 0 Å². The second kappa shape index (κ2) is 10.0. The summed E-state index contributed by atoms with van der Waals surface area (Å²) >= 11 is 0. The van der Waals surface area contributed by atoms with Crippen molar-refractivity contribution in [2.45, 2.75) is 83.2 Å². The van der Waals surface area contributed by atoms with Gasteiger partial charge in [0.25, 0.3) is 0 Å². The number of amides is 1. The third-order valence-corrected chi connectivity index (χ3v) is 5.71. The molecule has 0 saturated heterocycles. The van der Waals surface area contributed by atoms with Gasteiger partial charge in [0, 0.05) is 25.4 Å². The topological polar surface area (TPSA) is 107 Å². The van der Waals surface area contributed by atoms with E-state index in [1.807, 2.05) is 6.92 Å². The third kappa shape index (κ3) is 6.04. The van der Waals surface area contributed by atoms with Gasteiger partial charge in [0.2, 0.25) is 15.9 Å². The smallest absolute Gasteiger partial charge is 0.238 e. The molecule has 1 atom stereocenters. The molecule has 7 nitrogen and oxygen atoms in total. The Morgan fingerprint density at radius 3 is 2.64 bits per heavy atom. The highest BCUT2D eigenvalue weighted by atomic mass is 32.2. The van der Waals surface area contributed by atoms with Gasteiger partial charge >= 0.3 is 0 Å². The van der Waals surface area contributed by atoms with Crippen LogP contribution in [-0.2, 0) is 27.8 Å². The van der Waals surface area contributed by atoms with E-state index in [1.54, 1.807) is 6.07 Å². The van der Waals surface area contributed by atoms with Crippen molar-refractivity contribution in [2.75, 3.05) is 0 Å². The van der Waals surface area contributed by atoms with Gasteiger partial charge in [0.15, 0.2) is 0 Å². The van der Waals surface area contributed by atoms with E-state index in [0.29, 0.717) is 18.4 Å². The first-order valence-electron chi connectivity index (χ1n) is 10.1. The Balaban J connectivity index is 2.10. The van der Waals surface area contributed by atoms with Crippen LogP contribution in [-0.4, -0.2) is 29.9 Å². The van der Waals surface area contributed by atoms with Crippen LogP contribution in [0, 0.1) is 0 Å². The standard InChI is InChI=1S/C20H32N4O3S/c1-4-6-7-8-15(3)22-20(25)12-11-19-23-17-14-16(28(21,26)27)9-10-18(17)24(19)13-5-2/h9-10,14-15H,4-8,11-13H2,1-3H3,(H,22,25)(H2,21,26,27). The first-order chi connectivity index (χ1) is 13.3. The van der Waals surface area contributed by atoms with Crippen LogP contribution in [0.25, 0.3) is 11.0 Å². The zero-order valence-electron chi connectivity index (χ0n) is 17.1. The molecule has 0 aliphatic heterocycles. The highest BCUT2D eigenvalue weighted by Crippen LogP contribution is 2.21. The van der Waals surface area contributed by atoms with E-state index in [2.05, 4.69) is 28.7 Å². The number of unbranched alkanes of at least 4 members (excludes halogenated alkanes) is 2. The number of hydrogen-bond acceptors (Lipinski definition) is 4. The number of fused-ring (bicyclic) bond motifs is 1. The summed E-state index contributed by atoms with van der Waals surface area (Å²) in [6.07, 6.45) is 6.24. The average Bonchev–Trinajstić information content (AvgIpc) is 2.97. The Morgan fingerprint density at radius 2 is 2.00 bits per heavy atom. The summed E-state index contributed by atoms with van der Waals surface area (Å²) in [5, 5.41) is 8.28. The number of nitrogens with two attached hydrogens (primary N) is 1. The molecular weight excluding hydrogens is 376 g/mol. The molecule has 0 aliphatic rings. The number of imidazole rings is 1. The van der Waals surface area contributed by atoms with Crippen molar-refractivity contribution in [2.24, 2.45) is 5.14 Å². The summed E-state index contributed by atoms with van der Waals surface area (Å²) in [6, 6.07) is 4.90. The Kier molecular flexibility index (Phi) is 8.00. The van der Waals surface area contributed by atoms with Gasteiger partial charge in [0.05, 0.1) is 15.9 Å². The number of hydrogen-bond donors (Lipinski definition) is 2. The molecule has 1 aromatic heterocycles. The van der Waals surface area contributed by atoms with Crippen LogP contribution >= 0.6 is 0 Å². The van der Waals surface area contributed by atoms with Crippen LogP contribution in [0.15, 0.2) is 23.1 Å². The van der Waals surface area contributed by atoms with E-state index >= 15 is 0 Å². The van der Waals surface area contributed by atoms with Crippen LogP contribution in [0.2, 0.25) is 0 Å². The molecule has 0 fully saturated rings. The fourth-order valence-corrected chi connectivity index (χ4v) is 3.88. The maximum absolute atomic E-state index is 12.3. The van der Waals surface area contributed by atoms with Crippen molar-refractivity contribution < 1.29 is 13.2 Å². The van der Waals surface area contributed by atoms with Gasteiger partial charge in [-0.15, -0.1) is 0 Å². The molecule has 8 heteroatoms. The van der Waals surface area contributed by atoms with Crippen LogP contribution in [0.5, 0.6) is 0 Å². The van der Waals surface area contributed by atoms with Crippen molar-refractivity contribution >= 4 is 27.0 Å². The van der Waals surface area contributed by atoms with E-state index < -0.39 is 10.0 Å². The average molecular weight is 409 g/mol. The minimum absolute atomic E-state index is 0.0179. The molecule has 0 bridgehead atoms. The number of nitrogens with zero attached hydrogens (tertiary/aromatic N) is 2. The molecule has 156 valence electrons. The molecule has 3 N–H and O–H groups in total. The van der Waals surface area contributed by atoms with E-state index in [4.69, 9.17) is 5.14 Å². The molecule has 2 rings (SSSR count). The zero-order valence-corrected chi connectivity index (χ0v) is 17.9. The predicted octanol–water partition coefficient (Wildman–Crippen LogP) is 3.11. The fourth-order valence-electron chi connectivity index (χ4n) is 3.35. The summed E-state index contributed by atoms with van der Waals surface area (Å²) < 4.78 is 25.2. The molecule has 1 heterocycles. The molecule has 1 aromatic carbocycles. The summed E-state index contributed by atoms with van der Waals surface area (Å²) in [7, 11) is -3.77. The lowest BCUT2D eigenvalue weighted by atomic mass is 10.1. The second-order valence-corrected chi connectivity index (χ2v) is 8.90. The van der Waals surface area contributed by atoms with Crippen LogP contribution < -0.4 is 10.5 Å². The van der Waals surface area contributed by atoms with E-state index in [1.165, 1.54) is 25.0 Å². The monoisotopic (exact) mass is 408 g/mol. The molecule has 1 amide bonds. The van der Waals surface area contributed by atoms with E-state index in [9.17, 15) is 13.2 Å². The molecule has 2 aromatic rings. The van der Waals surface area contributed by atoms with Gasteiger partial charge in [0.1, 0.15) is 5.82 Å². The molecule has 0 spiro atoms. The lowest BCUT2D eigenvalue weighted by Crippen LogP contribution is -2.32. The quantitative estimate of drug-likeness (QED) is 0.557. The molecule has 28 heavy (non-hydrogen) atoms. The molecule has 1 unspecified atom stereocenters. The predicted molar refractivity (Wildman–Crippen MR) is 111 cm³/mol. The Labute approximate surface area is 167 Å². The lowest BCUT2D eigenvalue weighted by molar-refractivity contribution is -0.121. The van der Waals surface area contributed by atoms with Crippen LogP contribution in [0.4, 0.5) is 0 Å². The molecule has 0 radical (unpaired) electrons. The maximum atomic E-state index is 12.3. The Hall–Kier alpha value is -1.93. The van der Waals surface area contributed by atoms with Gasteiger partial charge in [-0.2, -0.15) is 0 Å². The zero-order chi connectivity index (χ0) is 20.7. The highest BCUT2D eigenvalue weighted by molar-refractivity contribution is 7.89. The number of primary sulfonamides is 1. The highest BCUT2D eigenvalue weighted by Gasteiger charge is 2.16. The van der Waals surface area contributed by atoms with Gasteiger partial charge < -0.3 is 9.88 Å². The summed E-state index contributed by atoms with van der Waals surface area (Å²) in [4.78, 5) is 16.9. The Morgan fingerprint density at radius 1 is 1.25 bits per heavy atom. The van der Waals surface area contributed by atoms with Gasteiger partial charge in [-0.1, -0.05) is 33.1 Å². The maximum Gasteiger partial charge on any atom is 0.238 e. The normalized spacial score (nSPS) is 13.0. The summed E-state index contributed by atoms with van der Waals surface area (Å²) in [5.74, 6) is 0.807. The summed E-state index contributed by atoms with van der Waals surface area (Å²) in [5.41, 5.74) is 1.45. The van der Waals surface area contributed by atoms with Crippen molar-refractivity contribution in [3.05, 3.63) is 24.0 Å². The van der Waals surface area contributed by atoms with Crippen LogP contribution in [0.3, 0.4) is 0 Å². The minimum Gasteiger partial charge on any atom is -0.354 e. The molecule has 0 aliphatic carbocycles. The number of rotatable bonds is 11. The van der Waals surface area contributed by atoms with Gasteiger partial charge in [-0.25, -0.2) is 18.5 Å². The number of nitrogens with one attached hydrogen (secondary N) is 1. The van der Waals surface area contributed by atoms with Crippen LogP contribution in [0.1, 0.15) is 65.1 Å². The number of aromatic nitrogens is 2. The SMILES string of the molecule is CCCCCC(C)NC(=O)CCc1nc2cc(S(N)(=O)=O)ccc2n1CCC.